The van der Waals surface area contributed by atoms with E-state index in [2.05, 4.69) is 16.0 Å². The first-order valence-corrected chi connectivity index (χ1v) is 5.77. The number of fused-ring (bicyclic) bond motifs is 1. The molecule has 0 saturated carbocycles. The van der Waals surface area contributed by atoms with Gasteiger partial charge in [-0.2, -0.15) is 5.26 Å². The molecule has 5 heteroatoms. The molecule has 2 heterocycles. The van der Waals surface area contributed by atoms with E-state index >= 15 is 0 Å². The van der Waals surface area contributed by atoms with Crippen LogP contribution in [0.3, 0.4) is 0 Å². The van der Waals surface area contributed by atoms with Crippen LogP contribution >= 0.6 is 12.2 Å². The molecule has 0 saturated heterocycles. The third kappa shape index (κ3) is 1.51. The first kappa shape index (κ1) is 10.7. The molecule has 2 aromatic heterocycles. The van der Waals surface area contributed by atoms with Crippen LogP contribution in [0.15, 0.2) is 42.6 Å². The summed E-state index contributed by atoms with van der Waals surface area (Å²) in [6.07, 6.45) is 1.70. The molecule has 3 rings (SSSR count). The van der Waals surface area contributed by atoms with Crippen molar-refractivity contribution in [2.75, 3.05) is 0 Å². The molecule has 0 fully saturated rings. The van der Waals surface area contributed by atoms with Crippen molar-refractivity contribution < 1.29 is 0 Å². The Bertz CT molecular complexity index is 823. The molecule has 0 bridgehead atoms. The number of nitriles is 1. The molecule has 4 nitrogen and oxygen atoms in total. The molecule has 1 N–H and O–H groups in total. The Hall–Kier alpha value is -2.45. The van der Waals surface area contributed by atoms with Crippen molar-refractivity contribution in [2.45, 2.75) is 0 Å². The molecule has 18 heavy (non-hydrogen) atoms. The van der Waals surface area contributed by atoms with Gasteiger partial charge in [-0.1, -0.05) is 12.1 Å². The lowest BCUT2D eigenvalue weighted by molar-refractivity contribution is 1.04. The third-order valence-electron chi connectivity index (χ3n) is 2.71. The van der Waals surface area contributed by atoms with Crippen LogP contribution in [0.5, 0.6) is 0 Å². The number of para-hydroxylation sites is 1. The van der Waals surface area contributed by atoms with E-state index in [-0.39, 0.29) is 0 Å². The van der Waals surface area contributed by atoms with Crippen LogP contribution < -0.4 is 0 Å². The molecule has 0 aliphatic rings. The number of imidazole rings is 1. The molecule has 0 aliphatic heterocycles. The first-order valence-electron chi connectivity index (χ1n) is 5.36. The lowest BCUT2D eigenvalue weighted by Gasteiger charge is -2.05. The highest BCUT2D eigenvalue weighted by Gasteiger charge is 2.10. The van der Waals surface area contributed by atoms with Gasteiger partial charge in [0.25, 0.3) is 0 Å². The van der Waals surface area contributed by atoms with E-state index in [9.17, 15) is 0 Å². The average molecular weight is 252 g/mol. The Balaban J connectivity index is 2.43. The second kappa shape index (κ2) is 4.09. The fourth-order valence-electron chi connectivity index (χ4n) is 1.93. The second-order valence-corrected chi connectivity index (χ2v) is 4.16. The average Bonchev–Trinajstić information content (AvgIpc) is 2.74. The van der Waals surface area contributed by atoms with Crippen molar-refractivity contribution in [3.8, 4) is 11.8 Å². The van der Waals surface area contributed by atoms with Gasteiger partial charge in [0.1, 0.15) is 6.07 Å². The summed E-state index contributed by atoms with van der Waals surface area (Å²) >= 11 is 5.30. The number of nitrogens with one attached hydrogen (secondary N) is 1. The number of aromatic amines is 1. The molecule has 0 amide bonds. The fourth-order valence-corrected chi connectivity index (χ4v) is 2.22. The highest BCUT2D eigenvalue weighted by atomic mass is 32.1. The third-order valence-corrected chi connectivity index (χ3v) is 2.99. The van der Waals surface area contributed by atoms with Gasteiger partial charge in [0.05, 0.1) is 16.8 Å². The van der Waals surface area contributed by atoms with E-state index in [1.165, 1.54) is 0 Å². The van der Waals surface area contributed by atoms with Gasteiger partial charge >= 0.3 is 0 Å². The summed E-state index contributed by atoms with van der Waals surface area (Å²) in [4.78, 5) is 7.39. The smallest absolute Gasteiger partial charge is 0.184 e. The van der Waals surface area contributed by atoms with E-state index in [1.54, 1.807) is 16.8 Å². The second-order valence-electron chi connectivity index (χ2n) is 3.77. The molecule has 1 aromatic carbocycles. The highest BCUT2D eigenvalue weighted by molar-refractivity contribution is 7.71. The summed E-state index contributed by atoms with van der Waals surface area (Å²) in [5, 5.41) is 9.15. The van der Waals surface area contributed by atoms with E-state index in [4.69, 9.17) is 17.5 Å². The summed E-state index contributed by atoms with van der Waals surface area (Å²) < 4.78 is 2.31. The number of H-pyrrole nitrogens is 1. The van der Waals surface area contributed by atoms with Gasteiger partial charge in [0, 0.05) is 6.20 Å². The van der Waals surface area contributed by atoms with Gasteiger partial charge in [0.2, 0.25) is 0 Å². The zero-order chi connectivity index (χ0) is 12.5. The van der Waals surface area contributed by atoms with Crippen molar-refractivity contribution in [3.63, 3.8) is 0 Å². The van der Waals surface area contributed by atoms with Crippen LogP contribution in [0, 0.1) is 16.1 Å². The van der Waals surface area contributed by atoms with E-state index in [0.717, 1.165) is 16.9 Å². The SMILES string of the molecule is N#Cc1ccccc1-n1c(=S)[nH]c2cccnc21. The molecular weight excluding hydrogens is 244 g/mol. The number of rotatable bonds is 1. The van der Waals surface area contributed by atoms with Gasteiger partial charge < -0.3 is 4.98 Å². The lowest BCUT2D eigenvalue weighted by Crippen LogP contribution is -1.98. The molecule has 3 aromatic rings. The standard InChI is InChI=1S/C13H8N4S/c14-8-9-4-1-2-6-11(9)17-12-10(16-13(17)18)5-3-7-15-12/h1-7H,(H,16,18). The molecule has 86 valence electrons. The number of hydrogen-bond acceptors (Lipinski definition) is 3. The van der Waals surface area contributed by atoms with Gasteiger partial charge in [0.15, 0.2) is 10.4 Å². The molecular formula is C13H8N4S. The van der Waals surface area contributed by atoms with Crippen molar-refractivity contribution in [1.82, 2.24) is 14.5 Å². The maximum Gasteiger partial charge on any atom is 0.184 e. The minimum Gasteiger partial charge on any atom is -0.329 e. The number of aromatic nitrogens is 3. The lowest BCUT2D eigenvalue weighted by atomic mass is 10.2. The quantitative estimate of drug-likeness (QED) is 0.677. The van der Waals surface area contributed by atoms with Gasteiger partial charge in [-0.3, -0.25) is 4.57 Å². The minimum absolute atomic E-state index is 0.534. The summed E-state index contributed by atoms with van der Waals surface area (Å²) in [5.74, 6) is 0. The van der Waals surface area contributed by atoms with Crippen molar-refractivity contribution in [2.24, 2.45) is 0 Å². The van der Waals surface area contributed by atoms with Crippen LogP contribution in [0.2, 0.25) is 0 Å². The van der Waals surface area contributed by atoms with Gasteiger partial charge in [-0.25, -0.2) is 4.98 Å². The van der Waals surface area contributed by atoms with Crippen molar-refractivity contribution >= 4 is 23.4 Å². The van der Waals surface area contributed by atoms with E-state index in [1.807, 2.05) is 30.3 Å². The first-order chi connectivity index (χ1) is 8.81. The Labute approximate surface area is 108 Å². The molecule has 0 spiro atoms. The van der Waals surface area contributed by atoms with Crippen LogP contribution in [0.4, 0.5) is 0 Å². The predicted octanol–water partition coefficient (Wildman–Crippen LogP) is 2.95. The monoisotopic (exact) mass is 252 g/mol. The predicted molar refractivity (Wildman–Crippen MR) is 71.0 cm³/mol. The minimum atomic E-state index is 0.534. The van der Waals surface area contributed by atoms with Crippen LogP contribution in [0.1, 0.15) is 5.56 Å². The summed E-state index contributed by atoms with van der Waals surface area (Å²) in [7, 11) is 0. The van der Waals surface area contributed by atoms with E-state index in [0.29, 0.717) is 10.3 Å². The molecule has 0 atom stereocenters. The van der Waals surface area contributed by atoms with Crippen LogP contribution in [0.25, 0.3) is 16.9 Å². The van der Waals surface area contributed by atoms with Crippen molar-refractivity contribution in [1.29, 1.82) is 5.26 Å². The zero-order valence-electron chi connectivity index (χ0n) is 9.29. The van der Waals surface area contributed by atoms with Gasteiger partial charge in [-0.05, 0) is 36.5 Å². The zero-order valence-corrected chi connectivity index (χ0v) is 10.1. The maximum absolute atomic E-state index is 9.15. The Morgan fingerprint density at radius 1 is 1.22 bits per heavy atom. The number of pyridine rings is 1. The number of benzene rings is 1. The highest BCUT2D eigenvalue weighted by Crippen LogP contribution is 2.20. The van der Waals surface area contributed by atoms with Crippen molar-refractivity contribution in [3.05, 3.63) is 52.9 Å². The Kier molecular flexibility index (Phi) is 2.43. The number of nitrogens with zero attached hydrogens (tertiary/aromatic N) is 3. The molecule has 0 aliphatic carbocycles. The summed E-state index contributed by atoms with van der Waals surface area (Å²) in [6.45, 7) is 0. The fraction of sp³-hybridized carbons (Fsp3) is 0. The van der Waals surface area contributed by atoms with Crippen LogP contribution in [-0.2, 0) is 0 Å². The molecule has 0 radical (unpaired) electrons. The largest absolute Gasteiger partial charge is 0.329 e. The summed E-state index contributed by atoms with van der Waals surface area (Å²) in [5.41, 5.74) is 2.90. The number of hydrogen-bond donors (Lipinski definition) is 1. The van der Waals surface area contributed by atoms with Crippen LogP contribution in [-0.4, -0.2) is 14.5 Å². The van der Waals surface area contributed by atoms with E-state index < -0.39 is 0 Å². The van der Waals surface area contributed by atoms with Gasteiger partial charge in [-0.15, -0.1) is 0 Å². The maximum atomic E-state index is 9.15. The Morgan fingerprint density at radius 3 is 2.89 bits per heavy atom. The normalized spacial score (nSPS) is 10.4. The topological polar surface area (TPSA) is 57.4 Å². The summed E-state index contributed by atoms with van der Waals surface area (Å²) in [6, 6.07) is 13.2. The molecule has 0 unspecified atom stereocenters. The Morgan fingerprint density at radius 2 is 2.06 bits per heavy atom.